The van der Waals surface area contributed by atoms with Crippen LogP contribution in [-0.2, 0) is 11.3 Å². The van der Waals surface area contributed by atoms with Gasteiger partial charge in [0.05, 0.1) is 18.5 Å². The molecule has 16 heavy (non-hydrogen) atoms. The molecule has 1 atom stereocenters. The Morgan fingerprint density at radius 1 is 1.50 bits per heavy atom. The van der Waals surface area contributed by atoms with Gasteiger partial charge in [0, 0.05) is 26.3 Å². The second-order valence-corrected chi connectivity index (χ2v) is 3.55. The number of hydrogen-bond donors (Lipinski definition) is 3. The molecule has 3 N–H and O–H groups in total. The lowest BCUT2D eigenvalue weighted by atomic mass is 10.2. The third-order valence-electron chi connectivity index (χ3n) is 2.23. The average molecular weight is 226 g/mol. The lowest BCUT2D eigenvalue weighted by Crippen LogP contribution is -2.33. The van der Waals surface area contributed by atoms with Gasteiger partial charge in [0.2, 0.25) is 0 Å². The van der Waals surface area contributed by atoms with Crippen LogP contribution in [0.5, 0.6) is 5.75 Å². The van der Waals surface area contributed by atoms with E-state index in [4.69, 9.17) is 14.9 Å². The van der Waals surface area contributed by atoms with Crippen molar-refractivity contribution in [1.29, 1.82) is 0 Å². The van der Waals surface area contributed by atoms with E-state index in [9.17, 15) is 0 Å². The topological polar surface area (TPSA) is 74.6 Å². The Labute approximate surface area is 95.1 Å². The van der Waals surface area contributed by atoms with E-state index in [1.54, 1.807) is 19.2 Å². The molecule has 0 aromatic carbocycles. The zero-order valence-corrected chi connectivity index (χ0v) is 9.39. The van der Waals surface area contributed by atoms with Crippen LogP contribution in [0.1, 0.15) is 12.1 Å². The normalized spacial score (nSPS) is 12.6. The van der Waals surface area contributed by atoms with E-state index in [1.165, 1.54) is 6.20 Å². The molecule has 0 amide bonds. The smallest absolute Gasteiger partial charge is 0.133 e. The highest BCUT2D eigenvalue weighted by Crippen LogP contribution is 2.06. The lowest BCUT2D eigenvalue weighted by molar-refractivity contribution is 0.148. The molecule has 90 valence electrons. The van der Waals surface area contributed by atoms with Crippen LogP contribution in [0.25, 0.3) is 0 Å². The second-order valence-electron chi connectivity index (χ2n) is 3.55. The fourth-order valence-corrected chi connectivity index (χ4v) is 1.37. The molecular formula is C11H18N2O3. The van der Waals surface area contributed by atoms with Crippen molar-refractivity contribution in [3.8, 4) is 5.75 Å². The first-order chi connectivity index (χ1) is 7.76. The summed E-state index contributed by atoms with van der Waals surface area (Å²) in [5.41, 5.74) is 0.844. The number of rotatable bonds is 7. The quantitative estimate of drug-likeness (QED) is 0.622. The molecule has 0 spiro atoms. The zero-order chi connectivity index (χ0) is 11.8. The molecule has 5 nitrogen and oxygen atoms in total. The maximum atomic E-state index is 9.07. The molecule has 1 heterocycles. The minimum absolute atomic E-state index is 0.116. The van der Waals surface area contributed by atoms with Crippen LogP contribution in [-0.4, -0.2) is 41.6 Å². The van der Waals surface area contributed by atoms with Crippen LogP contribution in [0.2, 0.25) is 0 Å². The number of aromatic hydroxyl groups is 1. The van der Waals surface area contributed by atoms with Crippen LogP contribution in [0.4, 0.5) is 0 Å². The van der Waals surface area contributed by atoms with Gasteiger partial charge in [-0.15, -0.1) is 0 Å². The SMILES string of the molecule is COCC(CCO)NCc1ccc(O)cn1. The first kappa shape index (κ1) is 12.9. The Bertz CT molecular complexity index is 284. The number of pyridine rings is 1. The molecule has 0 fully saturated rings. The third-order valence-corrected chi connectivity index (χ3v) is 2.23. The Morgan fingerprint density at radius 2 is 2.31 bits per heavy atom. The van der Waals surface area contributed by atoms with E-state index < -0.39 is 0 Å². The zero-order valence-electron chi connectivity index (χ0n) is 9.39. The maximum Gasteiger partial charge on any atom is 0.133 e. The van der Waals surface area contributed by atoms with Crippen molar-refractivity contribution in [3.63, 3.8) is 0 Å². The monoisotopic (exact) mass is 226 g/mol. The summed E-state index contributed by atoms with van der Waals surface area (Å²) in [6.07, 6.45) is 2.06. The highest BCUT2D eigenvalue weighted by molar-refractivity contribution is 5.17. The van der Waals surface area contributed by atoms with Gasteiger partial charge in [0.25, 0.3) is 0 Å². The summed E-state index contributed by atoms with van der Waals surface area (Å²) in [7, 11) is 1.63. The maximum absolute atomic E-state index is 9.07. The summed E-state index contributed by atoms with van der Waals surface area (Å²) < 4.78 is 5.03. The molecule has 0 aliphatic rings. The first-order valence-corrected chi connectivity index (χ1v) is 5.23. The van der Waals surface area contributed by atoms with E-state index in [-0.39, 0.29) is 18.4 Å². The number of ether oxygens (including phenoxy) is 1. The van der Waals surface area contributed by atoms with Crippen molar-refractivity contribution in [2.24, 2.45) is 0 Å². The molecule has 0 bridgehead atoms. The standard InChI is InChI=1S/C11H18N2O3/c1-16-8-10(4-5-14)12-6-9-2-3-11(15)7-13-9/h2-3,7,10,12,14-15H,4-6,8H2,1H3. The van der Waals surface area contributed by atoms with Crippen LogP contribution >= 0.6 is 0 Å². The van der Waals surface area contributed by atoms with Crippen molar-refractivity contribution in [2.45, 2.75) is 19.0 Å². The van der Waals surface area contributed by atoms with Crippen LogP contribution in [0, 0.1) is 0 Å². The van der Waals surface area contributed by atoms with E-state index >= 15 is 0 Å². The third kappa shape index (κ3) is 4.57. The molecule has 0 saturated heterocycles. The van der Waals surface area contributed by atoms with Crippen molar-refractivity contribution in [2.75, 3.05) is 20.3 Å². The predicted molar refractivity (Wildman–Crippen MR) is 60.1 cm³/mol. The fraction of sp³-hybridized carbons (Fsp3) is 0.545. The Morgan fingerprint density at radius 3 is 2.88 bits per heavy atom. The van der Waals surface area contributed by atoms with Gasteiger partial charge < -0.3 is 20.3 Å². The molecule has 0 radical (unpaired) electrons. The first-order valence-electron chi connectivity index (χ1n) is 5.23. The summed E-state index contributed by atoms with van der Waals surface area (Å²) >= 11 is 0. The van der Waals surface area contributed by atoms with Gasteiger partial charge in [-0.05, 0) is 18.6 Å². The molecule has 0 saturated carbocycles. The number of aliphatic hydroxyl groups excluding tert-OH is 1. The largest absolute Gasteiger partial charge is 0.506 e. The number of aromatic nitrogens is 1. The van der Waals surface area contributed by atoms with Crippen molar-refractivity contribution >= 4 is 0 Å². The highest BCUT2D eigenvalue weighted by Gasteiger charge is 2.07. The van der Waals surface area contributed by atoms with E-state index in [2.05, 4.69) is 10.3 Å². The summed E-state index contributed by atoms with van der Waals surface area (Å²) in [6, 6.07) is 3.47. The van der Waals surface area contributed by atoms with Gasteiger partial charge in [-0.1, -0.05) is 0 Å². The molecule has 1 rings (SSSR count). The molecule has 1 aromatic heterocycles. The molecule has 5 heteroatoms. The Hall–Kier alpha value is -1.17. The molecule has 0 aliphatic heterocycles. The molecule has 0 aliphatic carbocycles. The van der Waals surface area contributed by atoms with Gasteiger partial charge in [-0.3, -0.25) is 4.98 Å². The van der Waals surface area contributed by atoms with Crippen LogP contribution in [0.3, 0.4) is 0 Å². The number of aliphatic hydroxyl groups is 1. The van der Waals surface area contributed by atoms with Crippen molar-refractivity contribution in [3.05, 3.63) is 24.0 Å². The summed E-state index contributed by atoms with van der Waals surface area (Å²) in [6.45, 7) is 1.27. The van der Waals surface area contributed by atoms with E-state index in [0.717, 1.165) is 5.69 Å². The number of methoxy groups -OCH3 is 1. The Kier molecular flexibility index (Phi) is 5.77. The summed E-state index contributed by atoms with van der Waals surface area (Å²) in [5, 5.41) is 21.1. The second kappa shape index (κ2) is 7.16. The molecule has 1 aromatic rings. The van der Waals surface area contributed by atoms with E-state index in [1.807, 2.05) is 0 Å². The number of nitrogens with one attached hydrogen (secondary N) is 1. The summed E-state index contributed by atoms with van der Waals surface area (Å²) in [4.78, 5) is 4.05. The Balaban J connectivity index is 2.38. The molecular weight excluding hydrogens is 208 g/mol. The summed E-state index contributed by atoms with van der Waals surface area (Å²) in [5.74, 6) is 0.160. The minimum atomic E-state index is 0.116. The van der Waals surface area contributed by atoms with Gasteiger partial charge in [-0.2, -0.15) is 0 Å². The van der Waals surface area contributed by atoms with Crippen molar-refractivity contribution in [1.82, 2.24) is 10.3 Å². The average Bonchev–Trinajstić information content (AvgIpc) is 2.29. The lowest BCUT2D eigenvalue weighted by Gasteiger charge is -2.16. The van der Waals surface area contributed by atoms with Crippen LogP contribution in [0.15, 0.2) is 18.3 Å². The van der Waals surface area contributed by atoms with Crippen molar-refractivity contribution < 1.29 is 14.9 Å². The molecule has 1 unspecified atom stereocenters. The minimum Gasteiger partial charge on any atom is -0.506 e. The van der Waals surface area contributed by atoms with Crippen LogP contribution < -0.4 is 5.32 Å². The van der Waals surface area contributed by atoms with Gasteiger partial charge in [0.1, 0.15) is 5.75 Å². The van der Waals surface area contributed by atoms with E-state index in [0.29, 0.717) is 19.6 Å². The van der Waals surface area contributed by atoms with Gasteiger partial charge in [-0.25, -0.2) is 0 Å². The predicted octanol–water partition coefficient (Wildman–Crippen LogP) is 0.274. The van der Waals surface area contributed by atoms with Gasteiger partial charge in [0.15, 0.2) is 0 Å². The number of nitrogens with zero attached hydrogens (tertiary/aromatic N) is 1. The number of hydrogen-bond acceptors (Lipinski definition) is 5. The highest BCUT2D eigenvalue weighted by atomic mass is 16.5. The fourth-order valence-electron chi connectivity index (χ4n) is 1.37. The van der Waals surface area contributed by atoms with Gasteiger partial charge >= 0.3 is 0 Å².